The average Bonchev–Trinajstić information content (AvgIpc) is 2.64. The van der Waals surface area contributed by atoms with E-state index in [1.165, 1.54) is 0 Å². The molecule has 0 amide bonds. The zero-order valence-corrected chi connectivity index (χ0v) is 15.7. The van der Waals surface area contributed by atoms with Gasteiger partial charge in [0.25, 0.3) is 0 Å². The Morgan fingerprint density at radius 2 is 1.88 bits per heavy atom. The number of hydrogen-bond acceptors (Lipinski definition) is 6. The molecule has 6 heteroatoms. The number of rotatable bonds is 8. The summed E-state index contributed by atoms with van der Waals surface area (Å²) in [6.07, 6.45) is 2.08. The van der Waals surface area contributed by atoms with E-state index in [4.69, 9.17) is 4.74 Å². The molecule has 1 heterocycles. The van der Waals surface area contributed by atoms with E-state index in [1.807, 2.05) is 51.1 Å². The Morgan fingerprint density at radius 3 is 2.44 bits per heavy atom. The van der Waals surface area contributed by atoms with Gasteiger partial charge in [0.2, 0.25) is 0 Å². The van der Waals surface area contributed by atoms with Gasteiger partial charge in [-0.1, -0.05) is 37.2 Å². The third kappa shape index (κ3) is 7.22. The first kappa shape index (κ1) is 21.1. The molecule has 0 spiro atoms. The molecule has 25 heavy (non-hydrogen) atoms. The first-order valence-electron chi connectivity index (χ1n) is 9.18. The molecule has 0 atom stereocenters. The van der Waals surface area contributed by atoms with Crippen molar-refractivity contribution in [1.82, 2.24) is 4.90 Å². The van der Waals surface area contributed by atoms with Gasteiger partial charge in [0.15, 0.2) is 0 Å². The molecule has 1 fully saturated rings. The minimum Gasteiger partial charge on any atom is -0.466 e. The zero-order valence-electron chi connectivity index (χ0n) is 15.7. The van der Waals surface area contributed by atoms with Crippen LogP contribution in [0.1, 0.15) is 40.0 Å². The second kappa shape index (κ2) is 11.6. The van der Waals surface area contributed by atoms with E-state index in [2.05, 4.69) is 15.4 Å². The van der Waals surface area contributed by atoms with Crippen LogP contribution in [0.5, 0.6) is 0 Å². The summed E-state index contributed by atoms with van der Waals surface area (Å²) in [4.78, 5) is 24.6. The molecule has 140 valence electrons. The van der Waals surface area contributed by atoms with Crippen LogP contribution in [0.2, 0.25) is 0 Å². The smallest absolute Gasteiger partial charge is 0.307 e. The number of ether oxygens (including phenoxy) is 1. The Bertz CT molecular complexity index is 500. The molecule has 0 saturated carbocycles. The van der Waals surface area contributed by atoms with Crippen molar-refractivity contribution in [3.63, 3.8) is 0 Å². The Balaban J connectivity index is 0.00000151. The van der Waals surface area contributed by atoms with Crippen molar-refractivity contribution in [3.05, 3.63) is 35.2 Å². The van der Waals surface area contributed by atoms with Crippen LogP contribution in [0, 0.1) is 4.91 Å². The zero-order chi connectivity index (χ0) is 18.5. The lowest BCUT2D eigenvalue weighted by atomic mass is 9.87. The van der Waals surface area contributed by atoms with Crippen molar-refractivity contribution in [3.8, 4) is 0 Å². The third-order valence-corrected chi connectivity index (χ3v) is 4.30. The van der Waals surface area contributed by atoms with Gasteiger partial charge in [0, 0.05) is 25.3 Å². The monoisotopic (exact) mass is 349 g/mol. The number of nitrogens with zero attached hydrogens (tertiary/aromatic N) is 2. The molecule has 6 nitrogen and oxygen atoms in total. The standard InChI is InChI=1S/C17H25N3O3.C2H6/c1-2-23-16(21)8-11-20-12-9-17(10-13-20,14-18-22)19-15-6-4-3-5-7-15;1-2/h3-7,19H,2,8-14H2,1H3;1-2H3. The largest absolute Gasteiger partial charge is 0.466 e. The van der Waals surface area contributed by atoms with Crippen molar-refractivity contribution in [2.24, 2.45) is 5.18 Å². The Kier molecular flexibility index (Phi) is 9.77. The van der Waals surface area contributed by atoms with Crippen LogP contribution >= 0.6 is 0 Å². The van der Waals surface area contributed by atoms with Gasteiger partial charge in [0.1, 0.15) is 6.54 Å². The first-order valence-corrected chi connectivity index (χ1v) is 9.18. The van der Waals surface area contributed by atoms with E-state index < -0.39 is 0 Å². The number of carbonyl (C=O) groups excluding carboxylic acids is 1. The third-order valence-electron chi connectivity index (χ3n) is 4.30. The topological polar surface area (TPSA) is 71.0 Å². The van der Waals surface area contributed by atoms with E-state index >= 15 is 0 Å². The highest BCUT2D eigenvalue weighted by Crippen LogP contribution is 2.27. The Labute approximate surface area is 150 Å². The van der Waals surface area contributed by atoms with Gasteiger partial charge in [-0.15, -0.1) is 0 Å². The van der Waals surface area contributed by atoms with E-state index in [9.17, 15) is 9.70 Å². The van der Waals surface area contributed by atoms with Gasteiger partial charge in [-0.3, -0.25) is 4.79 Å². The number of hydrogen-bond donors (Lipinski definition) is 1. The lowest BCUT2D eigenvalue weighted by molar-refractivity contribution is -0.143. The van der Waals surface area contributed by atoms with Crippen LogP contribution in [-0.2, 0) is 9.53 Å². The number of benzene rings is 1. The second-order valence-electron chi connectivity index (χ2n) is 5.96. The molecule has 1 aliphatic rings. The number of likely N-dealkylation sites (tertiary alicyclic amines) is 1. The summed E-state index contributed by atoms with van der Waals surface area (Å²) in [5, 5.41) is 6.64. The minimum atomic E-state index is -0.288. The highest BCUT2D eigenvalue weighted by atomic mass is 16.5. The van der Waals surface area contributed by atoms with Crippen molar-refractivity contribution < 1.29 is 9.53 Å². The van der Waals surface area contributed by atoms with Gasteiger partial charge < -0.3 is 15.0 Å². The fourth-order valence-electron chi connectivity index (χ4n) is 2.96. The number of para-hydroxylation sites is 1. The summed E-state index contributed by atoms with van der Waals surface area (Å²) in [5.41, 5.74) is 0.722. The maximum Gasteiger partial charge on any atom is 0.307 e. The fraction of sp³-hybridized carbons (Fsp3) is 0.632. The van der Waals surface area contributed by atoms with Crippen LogP contribution in [-0.4, -0.2) is 49.2 Å². The van der Waals surface area contributed by atoms with Crippen LogP contribution in [0.4, 0.5) is 5.69 Å². The molecule has 1 saturated heterocycles. The van der Waals surface area contributed by atoms with Crippen molar-refractivity contribution in [2.75, 3.05) is 38.1 Å². The first-order chi connectivity index (χ1) is 12.2. The summed E-state index contributed by atoms with van der Waals surface area (Å²) in [6.45, 7) is 8.88. The van der Waals surface area contributed by atoms with E-state index in [1.54, 1.807) is 0 Å². The highest BCUT2D eigenvalue weighted by Gasteiger charge is 2.35. The maximum atomic E-state index is 11.4. The molecule has 2 rings (SSSR count). The minimum absolute atomic E-state index is 0.152. The lowest BCUT2D eigenvalue weighted by Gasteiger charge is -2.41. The number of nitroso groups, excluding NO2 is 1. The number of esters is 1. The van der Waals surface area contributed by atoms with E-state index in [0.29, 0.717) is 19.6 Å². The second-order valence-corrected chi connectivity index (χ2v) is 5.96. The Morgan fingerprint density at radius 1 is 1.24 bits per heavy atom. The average molecular weight is 349 g/mol. The molecule has 0 radical (unpaired) electrons. The van der Waals surface area contributed by atoms with Gasteiger partial charge in [0.05, 0.1) is 18.6 Å². The normalized spacial score (nSPS) is 16.3. The number of piperidine rings is 1. The quantitative estimate of drug-likeness (QED) is 0.572. The molecule has 1 aliphatic heterocycles. The number of nitrogens with one attached hydrogen (secondary N) is 1. The van der Waals surface area contributed by atoms with Gasteiger partial charge in [-0.2, -0.15) is 4.91 Å². The van der Waals surface area contributed by atoms with Crippen molar-refractivity contribution >= 4 is 11.7 Å². The molecule has 0 aliphatic carbocycles. The SMILES string of the molecule is CC.CCOC(=O)CCN1CCC(CN=O)(Nc2ccccc2)CC1. The predicted molar refractivity (Wildman–Crippen MR) is 102 cm³/mol. The molecular formula is C19H31N3O3. The predicted octanol–water partition coefficient (Wildman–Crippen LogP) is 3.68. The van der Waals surface area contributed by atoms with Gasteiger partial charge in [-0.25, -0.2) is 0 Å². The molecule has 0 aromatic heterocycles. The molecule has 1 N–H and O–H groups in total. The van der Waals surface area contributed by atoms with Crippen LogP contribution in [0.15, 0.2) is 35.5 Å². The number of carbonyl (C=O) groups is 1. The molecule has 0 unspecified atom stereocenters. The van der Waals surface area contributed by atoms with Gasteiger partial charge in [-0.05, 0) is 31.9 Å². The van der Waals surface area contributed by atoms with Crippen LogP contribution in [0.25, 0.3) is 0 Å². The van der Waals surface area contributed by atoms with E-state index in [-0.39, 0.29) is 18.1 Å². The molecule has 0 bridgehead atoms. The maximum absolute atomic E-state index is 11.4. The lowest BCUT2D eigenvalue weighted by Crippen LogP contribution is -2.51. The van der Waals surface area contributed by atoms with E-state index in [0.717, 1.165) is 31.6 Å². The van der Waals surface area contributed by atoms with Crippen LogP contribution < -0.4 is 5.32 Å². The fourth-order valence-corrected chi connectivity index (χ4v) is 2.96. The summed E-state index contributed by atoms with van der Waals surface area (Å²) in [6, 6.07) is 9.91. The van der Waals surface area contributed by atoms with Crippen molar-refractivity contribution in [1.29, 1.82) is 0 Å². The summed E-state index contributed by atoms with van der Waals surface area (Å²) < 4.78 is 4.96. The van der Waals surface area contributed by atoms with Gasteiger partial charge >= 0.3 is 5.97 Å². The number of anilines is 1. The molecule has 1 aromatic carbocycles. The van der Waals surface area contributed by atoms with Crippen molar-refractivity contribution in [2.45, 2.75) is 45.6 Å². The Hall–Kier alpha value is -1.95. The summed E-state index contributed by atoms with van der Waals surface area (Å²) in [7, 11) is 0. The highest BCUT2D eigenvalue weighted by molar-refractivity contribution is 5.69. The van der Waals surface area contributed by atoms with Crippen LogP contribution in [0.3, 0.4) is 0 Å². The summed E-state index contributed by atoms with van der Waals surface area (Å²) in [5.74, 6) is -0.152. The molecular weight excluding hydrogens is 318 g/mol. The molecule has 1 aromatic rings. The summed E-state index contributed by atoms with van der Waals surface area (Å²) >= 11 is 0.